The van der Waals surface area contributed by atoms with Crippen LogP contribution in [-0.4, -0.2) is 43.2 Å². The fourth-order valence-electron chi connectivity index (χ4n) is 4.00. The fourth-order valence-corrected chi connectivity index (χ4v) is 4.00. The predicted molar refractivity (Wildman–Crippen MR) is 132 cm³/mol. The lowest BCUT2D eigenvalue weighted by Gasteiger charge is -2.14. The number of amides is 1. The molecular formula is C27H38N2O4. The van der Waals surface area contributed by atoms with Crippen LogP contribution in [0.5, 0.6) is 0 Å². The van der Waals surface area contributed by atoms with Gasteiger partial charge in [-0.3, -0.25) is 4.79 Å². The third-order valence-corrected chi connectivity index (χ3v) is 6.03. The van der Waals surface area contributed by atoms with E-state index in [2.05, 4.69) is 60.6 Å². The highest BCUT2D eigenvalue weighted by Gasteiger charge is 2.60. The van der Waals surface area contributed by atoms with Crippen molar-refractivity contribution < 1.29 is 19.1 Å². The van der Waals surface area contributed by atoms with Gasteiger partial charge in [0.1, 0.15) is 12.1 Å². The predicted octanol–water partition coefficient (Wildman–Crippen LogP) is 4.17. The fraction of sp³-hybridized carbons (Fsp3) is 0.481. The van der Waals surface area contributed by atoms with Gasteiger partial charge in [-0.15, -0.1) is 0 Å². The summed E-state index contributed by atoms with van der Waals surface area (Å²) in [5.74, 6) is -0.138. The molecule has 2 unspecified atom stereocenters. The highest BCUT2D eigenvalue weighted by Crippen LogP contribution is 2.46. The van der Waals surface area contributed by atoms with Crippen LogP contribution in [0.2, 0.25) is 0 Å². The topological polar surface area (TPSA) is 76.7 Å². The molecule has 2 fully saturated rings. The van der Waals surface area contributed by atoms with Gasteiger partial charge in [0.2, 0.25) is 6.41 Å². The Morgan fingerprint density at radius 2 is 2.12 bits per heavy atom. The summed E-state index contributed by atoms with van der Waals surface area (Å²) in [7, 11) is 0. The standard InChI is InChI=1S/C17H23NO.C10H15NO3/c1-3-4-5-8-15-9-6-7-10-16(15)13-19-17-11-14(2)18-12-17;1-3-5-14-9(13)10(11-7-12)6-8(10)4-2/h3-10,14,17-18H,11-13H2,1-2H3;3,7-8H,1,4-6H2,2H3,(H,11,12)/b4-3-,8-5-;/t14?,17-;8-,10?/m10/s1. The van der Waals surface area contributed by atoms with Crippen molar-refractivity contribution >= 4 is 18.5 Å². The number of allylic oxidation sites excluding steroid dienone is 3. The summed E-state index contributed by atoms with van der Waals surface area (Å²) >= 11 is 0. The SMILES string of the molecule is C/C=C\C=C/c1ccccc1CO[C@H]1CNC(C)C1.C=CCOC(=O)C1(NC=O)C[C@@H]1CC. The smallest absolute Gasteiger partial charge is 0.332 e. The van der Waals surface area contributed by atoms with Gasteiger partial charge >= 0.3 is 5.97 Å². The molecule has 4 atom stereocenters. The Kier molecular flexibility index (Phi) is 11.1. The minimum atomic E-state index is -0.750. The number of rotatable bonds is 11. The Bertz CT molecular complexity index is 835. The number of hydrogen-bond donors (Lipinski definition) is 2. The molecule has 1 saturated carbocycles. The van der Waals surface area contributed by atoms with E-state index in [1.165, 1.54) is 17.2 Å². The maximum absolute atomic E-state index is 11.6. The van der Waals surface area contributed by atoms with Gasteiger partial charge in [0.25, 0.3) is 0 Å². The quantitative estimate of drug-likeness (QED) is 0.227. The average molecular weight is 455 g/mol. The number of ether oxygens (including phenoxy) is 2. The van der Waals surface area contributed by atoms with Crippen molar-refractivity contribution in [3.05, 3.63) is 66.3 Å². The van der Waals surface area contributed by atoms with Crippen LogP contribution in [0, 0.1) is 5.92 Å². The monoisotopic (exact) mass is 454 g/mol. The summed E-state index contributed by atoms with van der Waals surface area (Å²) in [5.41, 5.74) is 1.74. The van der Waals surface area contributed by atoms with E-state index < -0.39 is 5.54 Å². The second-order valence-electron chi connectivity index (χ2n) is 8.49. The zero-order valence-electron chi connectivity index (χ0n) is 20.1. The molecule has 0 spiro atoms. The highest BCUT2D eigenvalue weighted by molar-refractivity contribution is 5.87. The summed E-state index contributed by atoms with van der Waals surface area (Å²) in [5, 5.41) is 5.97. The second-order valence-corrected chi connectivity index (χ2v) is 8.49. The average Bonchev–Trinajstić information content (AvgIpc) is 3.39. The molecule has 1 aliphatic carbocycles. The number of hydrogen-bond acceptors (Lipinski definition) is 5. The summed E-state index contributed by atoms with van der Waals surface area (Å²) in [6, 6.07) is 8.99. The van der Waals surface area contributed by atoms with Crippen molar-refractivity contribution in [2.75, 3.05) is 13.2 Å². The third-order valence-electron chi connectivity index (χ3n) is 6.03. The van der Waals surface area contributed by atoms with Crippen LogP contribution < -0.4 is 10.6 Å². The molecule has 1 aromatic rings. The molecular weight excluding hydrogens is 416 g/mol. The van der Waals surface area contributed by atoms with Gasteiger partial charge in [0, 0.05) is 12.6 Å². The van der Waals surface area contributed by atoms with Crippen LogP contribution in [0.4, 0.5) is 0 Å². The van der Waals surface area contributed by atoms with Gasteiger partial charge in [0.05, 0.1) is 12.7 Å². The Hall–Kier alpha value is -2.70. The minimum Gasteiger partial charge on any atom is -0.460 e. The van der Waals surface area contributed by atoms with Gasteiger partial charge < -0.3 is 20.1 Å². The van der Waals surface area contributed by atoms with E-state index in [1.54, 1.807) is 0 Å². The van der Waals surface area contributed by atoms with Crippen molar-refractivity contribution in [1.29, 1.82) is 0 Å². The molecule has 6 heteroatoms. The lowest BCUT2D eigenvalue weighted by atomic mass is 10.1. The molecule has 2 N–H and O–H groups in total. The number of esters is 1. The van der Waals surface area contributed by atoms with Gasteiger partial charge in [-0.05, 0) is 43.7 Å². The zero-order valence-corrected chi connectivity index (χ0v) is 20.1. The lowest BCUT2D eigenvalue weighted by molar-refractivity contribution is -0.147. The number of carbonyl (C=O) groups excluding carboxylic acids is 2. The van der Waals surface area contributed by atoms with Gasteiger partial charge in [-0.25, -0.2) is 4.79 Å². The van der Waals surface area contributed by atoms with Crippen LogP contribution in [0.3, 0.4) is 0 Å². The van der Waals surface area contributed by atoms with E-state index in [-0.39, 0.29) is 18.5 Å². The first kappa shape index (κ1) is 26.6. The normalized spacial score (nSPS) is 26.0. The molecule has 1 saturated heterocycles. The molecule has 1 amide bonds. The highest BCUT2D eigenvalue weighted by atomic mass is 16.5. The molecule has 6 nitrogen and oxygen atoms in total. The maximum Gasteiger partial charge on any atom is 0.332 e. The first-order valence-corrected chi connectivity index (χ1v) is 11.7. The molecule has 1 aliphatic heterocycles. The summed E-state index contributed by atoms with van der Waals surface area (Å²) in [6.45, 7) is 11.5. The number of carbonyl (C=O) groups is 2. The van der Waals surface area contributed by atoms with E-state index in [4.69, 9.17) is 9.47 Å². The van der Waals surface area contributed by atoms with E-state index in [0.29, 0.717) is 31.6 Å². The van der Waals surface area contributed by atoms with Gasteiger partial charge in [-0.1, -0.05) is 74.6 Å². The molecule has 0 aromatic heterocycles. The Balaban J connectivity index is 0.000000245. The molecule has 1 heterocycles. The van der Waals surface area contributed by atoms with E-state index in [0.717, 1.165) is 19.4 Å². The van der Waals surface area contributed by atoms with Crippen LogP contribution in [0.25, 0.3) is 6.08 Å². The van der Waals surface area contributed by atoms with Gasteiger partial charge in [0.15, 0.2) is 0 Å². The molecule has 0 bridgehead atoms. The van der Waals surface area contributed by atoms with Crippen molar-refractivity contribution in [3.8, 4) is 0 Å². The minimum absolute atomic E-state index is 0.192. The summed E-state index contributed by atoms with van der Waals surface area (Å²) in [4.78, 5) is 21.9. The Labute approximate surface area is 198 Å². The molecule has 180 valence electrons. The third kappa shape index (κ3) is 7.98. The van der Waals surface area contributed by atoms with Crippen LogP contribution in [0.1, 0.15) is 51.2 Å². The van der Waals surface area contributed by atoms with Gasteiger partial charge in [-0.2, -0.15) is 0 Å². The van der Waals surface area contributed by atoms with E-state index in [1.807, 2.05) is 26.0 Å². The largest absolute Gasteiger partial charge is 0.460 e. The van der Waals surface area contributed by atoms with E-state index in [9.17, 15) is 9.59 Å². The first-order chi connectivity index (χ1) is 16.0. The first-order valence-electron chi connectivity index (χ1n) is 11.7. The van der Waals surface area contributed by atoms with Crippen molar-refractivity contribution in [2.45, 2.75) is 64.3 Å². The van der Waals surface area contributed by atoms with Crippen LogP contribution in [0.15, 0.2) is 55.1 Å². The number of nitrogens with one attached hydrogen (secondary N) is 2. The second kappa shape index (κ2) is 13.8. The van der Waals surface area contributed by atoms with Crippen LogP contribution >= 0.6 is 0 Å². The molecule has 1 aromatic carbocycles. The van der Waals surface area contributed by atoms with E-state index >= 15 is 0 Å². The Morgan fingerprint density at radius 3 is 2.73 bits per heavy atom. The maximum atomic E-state index is 11.6. The number of benzene rings is 1. The van der Waals surface area contributed by atoms with Crippen molar-refractivity contribution in [2.24, 2.45) is 5.92 Å². The van der Waals surface area contributed by atoms with Crippen molar-refractivity contribution in [3.63, 3.8) is 0 Å². The van der Waals surface area contributed by atoms with Crippen LogP contribution in [-0.2, 0) is 25.7 Å². The molecule has 0 radical (unpaired) electrons. The van der Waals surface area contributed by atoms with Crippen molar-refractivity contribution in [1.82, 2.24) is 10.6 Å². The zero-order chi connectivity index (χ0) is 24.1. The molecule has 2 aliphatic rings. The Morgan fingerprint density at radius 1 is 1.33 bits per heavy atom. The lowest BCUT2D eigenvalue weighted by Crippen LogP contribution is -2.41. The molecule has 33 heavy (non-hydrogen) atoms. The summed E-state index contributed by atoms with van der Waals surface area (Å²) in [6.07, 6.45) is 13.3. The molecule has 3 rings (SSSR count). The summed E-state index contributed by atoms with van der Waals surface area (Å²) < 4.78 is 10.9.